The Balaban J connectivity index is 1.53. The van der Waals surface area contributed by atoms with Gasteiger partial charge in [-0.15, -0.1) is 0 Å². The summed E-state index contributed by atoms with van der Waals surface area (Å²) in [7, 11) is 0. The highest BCUT2D eigenvalue weighted by Crippen LogP contribution is 2.34. The van der Waals surface area contributed by atoms with Gasteiger partial charge in [0.05, 0.1) is 11.2 Å². The average Bonchev–Trinajstić information content (AvgIpc) is 2.97. The van der Waals surface area contributed by atoms with Gasteiger partial charge in [0.25, 0.3) is 0 Å². The van der Waals surface area contributed by atoms with E-state index < -0.39 is 5.60 Å². The highest BCUT2D eigenvalue weighted by molar-refractivity contribution is 5.78. The summed E-state index contributed by atoms with van der Waals surface area (Å²) in [5.41, 5.74) is 3.55. The largest absolute Gasteiger partial charge is 0.384 e. The van der Waals surface area contributed by atoms with Crippen molar-refractivity contribution in [3.8, 4) is 0 Å². The van der Waals surface area contributed by atoms with E-state index in [0.29, 0.717) is 6.54 Å². The van der Waals surface area contributed by atoms with Gasteiger partial charge in [0.1, 0.15) is 5.60 Å². The summed E-state index contributed by atoms with van der Waals surface area (Å²) in [4.78, 5) is 7.05. The van der Waals surface area contributed by atoms with Crippen LogP contribution in [0.4, 0.5) is 0 Å². The maximum Gasteiger partial charge on any atom is 0.104 e. The van der Waals surface area contributed by atoms with E-state index in [1.807, 2.05) is 36.4 Å². The Labute approximate surface area is 142 Å². The highest BCUT2D eigenvalue weighted by atomic mass is 16.3. The summed E-state index contributed by atoms with van der Waals surface area (Å²) in [5, 5.41) is 12.3. The maximum atomic E-state index is 11.1. The Hall–Kier alpha value is -2.23. The van der Waals surface area contributed by atoms with E-state index in [9.17, 15) is 5.11 Å². The molecule has 0 radical (unpaired) electrons. The van der Waals surface area contributed by atoms with Crippen molar-refractivity contribution in [2.45, 2.75) is 25.5 Å². The molecule has 1 fully saturated rings. The second kappa shape index (κ2) is 6.00. The van der Waals surface area contributed by atoms with Gasteiger partial charge in [-0.3, -0.25) is 9.88 Å². The number of rotatable bonds is 3. The first-order chi connectivity index (χ1) is 11.6. The van der Waals surface area contributed by atoms with Crippen LogP contribution in [0, 0.1) is 6.92 Å². The third-order valence-electron chi connectivity index (χ3n) is 5.01. The highest BCUT2D eigenvalue weighted by Gasteiger charge is 2.38. The minimum atomic E-state index is -0.748. The van der Waals surface area contributed by atoms with Gasteiger partial charge in [-0.25, -0.2) is 0 Å². The molecule has 3 heteroatoms. The zero-order valence-corrected chi connectivity index (χ0v) is 13.9. The van der Waals surface area contributed by atoms with Crippen LogP contribution in [0.15, 0.2) is 60.7 Å². The summed E-state index contributed by atoms with van der Waals surface area (Å²) in [6.07, 6.45) is 0.769. The minimum Gasteiger partial charge on any atom is -0.384 e. The van der Waals surface area contributed by atoms with Crippen molar-refractivity contribution in [1.29, 1.82) is 0 Å². The lowest BCUT2D eigenvalue weighted by atomic mass is 9.89. The molecule has 1 aliphatic heterocycles. The van der Waals surface area contributed by atoms with Gasteiger partial charge >= 0.3 is 0 Å². The SMILES string of the molecule is Cc1ccccc1[C@]1(O)CCN(Cc2ccc3ccccc3n2)C1. The second-order valence-electron chi connectivity index (χ2n) is 6.80. The molecule has 0 aliphatic carbocycles. The Morgan fingerprint density at radius 3 is 2.71 bits per heavy atom. The zero-order chi connectivity index (χ0) is 16.6. The molecule has 3 nitrogen and oxygen atoms in total. The molecule has 0 amide bonds. The van der Waals surface area contributed by atoms with Crippen LogP contribution >= 0.6 is 0 Å². The average molecular weight is 318 g/mol. The van der Waals surface area contributed by atoms with Crippen LogP contribution in [-0.4, -0.2) is 28.1 Å². The summed E-state index contributed by atoms with van der Waals surface area (Å²) in [5.74, 6) is 0. The predicted molar refractivity (Wildman–Crippen MR) is 96.7 cm³/mol. The van der Waals surface area contributed by atoms with Crippen LogP contribution in [-0.2, 0) is 12.1 Å². The molecule has 1 saturated heterocycles. The number of benzene rings is 2. The molecular formula is C21H22N2O. The second-order valence-corrected chi connectivity index (χ2v) is 6.80. The fourth-order valence-electron chi connectivity index (χ4n) is 3.75. The number of hydrogen-bond acceptors (Lipinski definition) is 3. The van der Waals surface area contributed by atoms with Gasteiger partial charge in [0, 0.05) is 25.0 Å². The Kier molecular flexibility index (Phi) is 3.83. The quantitative estimate of drug-likeness (QED) is 0.801. The predicted octanol–water partition coefficient (Wildman–Crippen LogP) is 3.64. The van der Waals surface area contributed by atoms with E-state index in [4.69, 9.17) is 4.98 Å². The number of β-amino-alcohol motifs (C(OH)–C–C–N with tert-alkyl or cyclic N) is 1. The fraction of sp³-hybridized carbons (Fsp3) is 0.286. The van der Waals surface area contributed by atoms with E-state index >= 15 is 0 Å². The van der Waals surface area contributed by atoms with Crippen LogP contribution in [0.5, 0.6) is 0 Å². The Bertz CT molecular complexity index is 876. The fourth-order valence-corrected chi connectivity index (χ4v) is 3.75. The summed E-state index contributed by atoms with van der Waals surface area (Å²) >= 11 is 0. The number of para-hydroxylation sites is 1. The molecule has 1 aromatic heterocycles. The molecule has 122 valence electrons. The smallest absolute Gasteiger partial charge is 0.104 e. The third-order valence-corrected chi connectivity index (χ3v) is 5.01. The standard InChI is InChI=1S/C21H22N2O/c1-16-6-2-4-8-19(16)21(24)12-13-23(15-21)14-18-11-10-17-7-3-5-9-20(17)22-18/h2-11,24H,12-15H2,1H3/t21-/m0/s1. The van der Waals surface area contributed by atoms with E-state index in [1.54, 1.807) is 0 Å². The van der Waals surface area contributed by atoms with Crippen molar-refractivity contribution in [2.75, 3.05) is 13.1 Å². The molecule has 3 aromatic rings. The van der Waals surface area contributed by atoms with Crippen molar-refractivity contribution in [3.63, 3.8) is 0 Å². The van der Waals surface area contributed by atoms with Crippen LogP contribution in [0.25, 0.3) is 10.9 Å². The van der Waals surface area contributed by atoms with Gasteiger partial charge in [0.15, 0.2) is 0 Å². The monoisotopic (exact) mass is 318 g/mol. The molecule has 1 atom stereocenters. The number of nitrogens with zero attached hydrogens (tertiary/aromatic N) is 2. The molecule has 0 saturated carbocycles. The normalized spacial score (nSPS) is 21.4. The molecule has 0 spiro atoms. The molecular weight excluding hydrogens is 296 g/mol. The van der Waals surface area contributed by atoms with Gasteiger partial charge in [-0.05, 0) is 36.6 Å². The maximum absolute atomic E-state index is 11.1. The number of hydrogen-bond donors (Lipinski definition) is 1. The number of aromatic nitrogens is 1. The minimum absolute atomic E-state index is 0.659. The lowest BCUT2D eigenvalue weighted by Gasteiger charge is -2.25. The molecule has 1 aliphatic rings. The Morgan fingerprint density at radius 2 is 1.83 bits per heavy atom. The molecule has 4 rings (SSSR count). The summed E-state index contributed by atoms with van der Waals surface area (Å²) in [6, 6.07) is 20.5. The van der Waals surface area contributed by atoms with Crippen molar-refractivity contribution in [2.24, 2.45) is 0 Å². The molecule has 1 N–H and O–H groups in total. The lowest BCUT2D eigenvalue weighted by Crippen LogP contribution is -2.31. The van der Waals surface area contributed by atoms with E-state index in [2.05, 4.69) is 36.1 Å². The van der Waals surface area contributed by atoms with Crippen LogP contribution in [0.2, 0.25) is 0 Å². The van der Waals surface area contributed by atoms with Gasteiger partial charge in [0.2, 0.25) is 0 Å². The molecule has 2 aromatic carbocycles. The zero-order valence-electron chi connectivity index (χ0n) is 13.9. The van der Waals surface area contributed by atoms with E-state index in [0.717, 1.165) is 41.8 Å². The molecule has 0 unspecified atom stereocenters. The van der Waals surface area contributed by atoms with Crippen molar-refractivity contribution >= 4 is 10.9 Å². The van der Waals surface area contributed by atoms with Crippen LogP contribution in [0.1, 0.15) is 23.2 Å². The lowest BCUT2D eigenvalue weighted by molar-refractivity contribution is 0.0446. The van der Waals surface area contributed by atoms with E-state index in [-0.39, 0.29) is 0 Å². The first-order valence-electron chi connectivity index (χ1n) is 8.50. The van der Waals surface area contributed by atoms with Gasteiger partial charge in [-0.2, -0.15) is 0 Å². The summed E-state index contributed by atoms with van der Waals surface area (Å²) in [6.45, 7) is 4.39. The number of pyridine rings is 1. The molecule has 2 heterocycles. The number of fused-ring (bicyclic) bond motifs is 1. The van der Waals surface area contributed by atoms with Crippen molar-refractivity contribution in [1.82, 2.24) is 9.88 Å². The number of likely N-dealkylation sites (tertiary alicyclic amines) is 1. The molecule has 24 heavy (non-hydrogen) atoms. The first-order valence-corrected chi connectivity index (χ1v) is 8.50. The third kappa shape index (κ3) is 2.81. The van der Waals surface area contributed by atoms with Crippen molar-refractivity contribution < 1.29 is 5.11 Å². The van der Waals surface area contributed by atoms with E-state index in [1.165, 1.54) is 5.39 Å². The molecule has 0 bridgehead atoms. The van der Waals surface area contributed by atoms with Gasteiger partial charge in [-0.1, -0.05) is 48.5 Å². The Morgan fingerprint density at radius 1 is 1.04 bits per heavy atom. The van der Waals surface area contributed by atoms with Crippen LogP contribution < -0.4 is 0 Å². The number of aryl methyl sites for hydroxylation is 1. The first kappa shape index (κ1) is 15.3. The number of aliphatic hydroxyl groups is 1. The topological polar surface area (TPSA) is 36.4 Å². The summed E-state index contributed by atoms with van der Waals surface area (Å²) < 4.78 is 0. The van der Waals surface area contributed by atoms with Gasteiger partial charge < -0.3 is 5.11 Å². The van der Waals surface area contributed by atoms with Crippen molar-refractivity contribution in [3.05, 3.63) is 77.5 Å². The van der Waals surface area contributed by atoms with Crippen LogP contribution in [0.3, 0.4) is 0 Å².